The van der Waals surface area contributed by atoms with Gasteiger partial charge in [-0.3, -0.25) is 0 Å². The predicted molar refractivity (Wildman–Crippen MR) is 125 cm³/mol. The summed E-state index contributed by atoms with van der Waals surface area (Å²) < 4.78 is 10.7. The molecular formula is C23H24ClN5O3. The van der Waals surface area contributed by atoms with E-state index in [2.05, 4.69) is 20.2 Å². The molecule has 2 aromatic carbocycles. The molecule has 3 aromatic rings. The molecule has 0 spiro atoms. The Bertz CT molecular complexity index is 1100. The Labute approximate surface area is 191 Å². The lowest BCUT2D eigenvalue weighted by atomic mass is 10.1. The number of para-hydroxylation sites is 1. The van der Waals surface area contributed by atoms with Gasteiger partial charge in [0.2, 0.25) is 0 Å². The molecule has 1 aliphatic rings. The summed E-state index contributed by atoms with van der Waals surface area (Å²) in [6.07, 6.45) is 1.55. The van der Waals surface area contributed by atoms with Crippen LogP contribution in [0.5, 0.6) is 11.5 Å². The van der Waals surface area contributed by atoms with E-state index in [1.165, 1.54) is 0 Å². The number of aromatic nitrogens is 2. The summed E-state index contributed by atoms with van der Waals surface area (Å²) in [7, 11) is 3.21. The number of nitrogens with one attached hydrogen (secondary N) is 1. The molecule has 0 bridgehead atoms. The van der Waals surface area contributed by atoms with Gasteiger partial charge in [0.05, 0.1) is 30.6 Å². The highest BCUT2D eigenvalue weighted by Gasteiger charge is 2.23. The van der Waals surface area contributed by atoms with Gasteiger partial charge < -0.3 is 24.6 Å². The maximum Gasteiger partial charge on any atom is 0.322 e. The Morgan fingerprint density at radius 2 is 1.72 bits per heavy atom. The number of nitrogens with zero attached hydrogens (tertiary/aromatic N) is 4. The molecule has 32 heavy (non-hydrogen) atoms. The molecule has 2 heterocycles. The number of methoxy groups -OCH3 is 2. The largest absolute Gasteiger partial charge is 0.493 e. The molecule has 1 saturated heterocycles. The van der Waals surface area contributed by atoms with E-state index < -0.39 is 0 Å². The van der Waals surface area contributed by atoms with Crippen molar-refractivity contribution in [1.29, 1.82) is 0 Å². The van der Waals surface area contributed by atoms with E-state index in [0.29, 0.717) is 48.4 Å². The van der Waals surface area contributed by atoms with Crippen molar-refractivity contribution in [2.75, 3.05) is 50.6 Å². The van der Waals surface area contributed by atoms with Crippen LogP contribution in [0.4, 0.5) is 16.3 Å². The minimum Gasteiger partial charge on any atom is -0.493 e. The number of hydrogen-bond donors (Lipinski definition) is 1. The highest BCUT2D eigenvalue weighted by Crippen LogP contribution is 2.32. The first-order valence-corrected chi connectivity index (χ1v) is 10.6. The molecule has 0 atom stereocenters. The summed E-state index contributed by atoms with van der Waals surface area (Å²) in [6.45, 7) is 2.48. The Kier molecular flexibility index (Phi) is 6.61. The lowest BCUT2D eigenvalue weighted by Crippen LogP contribution is -2.50. The Morgan fingerprint density at radius 1 is 0.969 bits per heavy atom. The molecule has 0 aliphatic carbocycles. The van der Waals surface area contributed by atoms with Crippen molar-refractivity contribution in [3.63, 3.8) is 0 Å². The van der Waals surface area contributed by atoms with Crippen LogP contribution in [0.3, 0.4) is 0 Å². The first kappa shape index (κ1) is 21.7. The normalized spacial score (nSPS) is 13.6. The molecular weight excluding hydrogens is 430 g/mol. The van der Waals surface area contributed by atoms with Gasteiger partial charge in [-0.1, -0.05) is 23.7 Å². The molecule has 8 nitrogen and oxygen atoms in total. The van der Waals surface area contributed by atoms with Crippen LogP contribution in [0, 0.1) is 0 Å². The fraction of sp³-hybridized carbons (Fsp3) is 0.261. The third-order valence-corrected chi connectivity index (χ3v) is 5.67. The second-order valence-electron chi connectivity index (χ2n) is 7.22. The molecule has 0 saturated carbocycles. The van der Waals surface area contributed by atoms with Crippen LogP contribution >= 0.6 is 11.6 Å². The second kappa shape index (κ2) is 9.74. The predicted octanol–water partition coefficient (Wildman–Crippen LogP) is 4.17. The van der Waals surface area contributed by atoms with Crippen LogP contribution in [0.15, 0.2) is 54.9 Å². The van der Waals surface area contributed by atoms with Gasteiger partial charge in [0.25, 0.3) is 0 Å². The van der Waals surface area contributed by atoms with Crippen molar-refractivity contribution in [3.05, 3.63) is 59.9 Å². The van der Waals surface area contributed by atoms with Crippen LogP contribution in [0.1, 0.15) is 0 Å². The number of piperazine rings is 1. The summed E-state index contributed by atoms with van der Waals surface area (Å²) >= 11 is 6.14. The van der Waals surface area contributed by atoms with E-state index in [4.69, 9.17) is 21.1 Å². The Balaban J connectivity index is 1.42. The zero-order valence-corrected chi connectivity index (χ0v) is 18.7. The van der Waals surface area contributed by atoms with Crippen molar-refractivity contribution < 1.29 is 14.3 Å². The maximum atomic E-state index is 12.6. The van der Waals surface area contributed by atoms with Gasteiger partial charge in [0, 0.05) is 37.8 Å². The van der Waals surface area contributed by atoms with Gasteiger partial charge in [0.1, 0.15) is 12.1 Å². The van der Waals surface area contributed by atoms with Crippen LogP contribution in [0.2, 0.25) is 5.02 Å². The van der Waals surface area contributed by atoms with Gasteiger partial charge in [-0.25, -0.2) is 14.8 Å². The summed E-state index contributed by atoms with van der Waals surface area (Å²) in [5.41, 5.74) is 2.30. The molecule has 9 heteroatoms. The average Bonchev–Trinajstić information content (AvgIpc) is 2.85. The van der Waals surface area contributed by atoms with Crippen molar-refractivity contribution in [2.24, 2.45) is 0 Å². The van der Waals surface area contributed by atoms with Crippen molar-refractivity contribution in [3.8, 4) is 22.8 Å². The van der Waals surface area contributed by atoms with E-state index in [1.807, 2.05) is 36.4 Å². The fourth-order valence-electron chi connectivity index (χ4n) is 3.57. The number of carbonyl (C=O) groups is 1. The average molecular weight is 454 g/mol. The van der Waals surface area contributed by atoms with E-state index in [0.717, 1.165) is 17.1 Å². The number of benzene rings is 2. The topological polar surface area (TPSA) is 79.8 Å². The van der Waals surface area contributed by atoms with E-state index in [-0.39, 0.29) is 6.03 Å². The minimum atomic E-state index is -0.161. The molecule has 0 unspecified atom stereocenters. The number of hydrogen-bond acceptors (Lipinski definition) is 6. The number of rotatable bonds is 5. The van der Waals surface area contributed by atoms with Crippen molar-refractivity contribution in [1.82, 2.24) is 14.9 Å². The van der Waals surface area contributed by atoms with Crippen LogP contribution in [0.25, 0.3) is 11.3 Å². The minimum absolute atomic E-state index is 0.161. The number of halogens is 1. The molecule has 1 aromatic heterocycles. The molecule has 0 radical (unpaired) electrons. The molecule has 1 N–H and O–H groups in total. The van der Waals surface area contributed by atoms with Gasteiger partial charge in [-0.2, -0.15) is 0 Å². The molecule has 166 valence electrons. The zero-order chi connectivity index (χ0) is 22.5. The number of ether oxygens (including phenoxy) is 2. The summed E-state index contributed by atoms with van der Waals surface area (Å²) in [5, 5.41) is 3.39. The third kappa shape index (κ3) is 4.70. The quantitative estimate of drug-likeness (QED) is 0.624. The van der Waals surface area contributed by atoms with Gasteiger partial charge >= 0.3 is 6.03 Å². The van der Waals surface area contributed by atoms with Crippen LogP contribution in [-0.4, -0.2) is 61.3 Å². The monoisotopic (exact) mass is 453 g/mol. The zero-order valence-electron chi connectivity index (χ0n) is 17.9. The highest BCUT2D eigenvalue weighted by atomic mass is 35.5. The number of anilines is 2. The standard InChI is InChI=1S/C23H24ClN5O3/c1-31-20-8-7-16(13-21(20)32-2)19-14-22(26-15-25-19)28-9-11-29(12-10-28)23(30)27-18-6-4-3-5-17(18)24/h3-8,13-15H,9-12H2,1-2H3,(H,27,30). The summed E-state index contributed by atoms with van der Waals surface area (Å²) in [5.74, 6) is 2.12. The van der Waals surface area contributed by atoms with E-state index in [1.54, 1.807) is 37.6 Å². The molecule has 1 fully saturated rings. The second-order valence-corrected chi connectivity index (χ2v) is 7.62. The Hall–Kier alpha value is -3.52. The van der Waals surface area contributed by atoms with Crippen LogP contribution < -0.4 is 19.7 Å². The SMILES string of the molecule is COc1ccc(-c2cc(N3CCN(C(=O)Nc4ccccc4Cl)CC3)ncn2)cc1OC. The lowest BCUT2D eigenvalue weighted by Gasteiger charge is -2.35. The van der Waals surface area contributed by atoms with E-state index in [9.17, 15) is 4.79 Å². The maximum absolute atomic E-state index is 12.6. The number of urea groups is 1. The first-order chi connectivity index (χ1) is 15.6. The molecule has 4 rings (SSSR count). The fourth-order valence-corrected chi connectivity index (χ4v) is 3.75. The molecule has 1 aliphatic heterocycles. The van der Waals surface area contributed by atoms with Crippen LogP contribution in [-0.2, 0) is 0 Å². The Morgan fingerprint density at radius 3 is 2.44 bits per heavy atom. The number of carbonyl (C=O) groups excluding carboxylic acids is 1. The highest BCUT2D eigenvalue weighted by molar-refractivity contribution is 6.33. The van der Waals surface area contributed by atoms with Gasteiger partial charge in [-0.15, -0.1) is 0 Å². The van der Waals surface area contributed by atoms with Crippen molar-refractivity contribution in [2.45, 2.75) is 0 Å². The van der Waals surface area contributed by atoms with Crippen molar-refractivity contribution >= 4 is 29.1 Å². The van der Waals surface area contributed by atoms with E-state index >= 15 is 0 Å². The smallest absolute Gasteiger partial charge is 0.322 e. The van der Waals surface area contributed by atoms with Gasteiger partial charge in [0.15, 0.2) is 11.5 Å². The summed E-state index contributed by atoms with van der Waals surface area (Å²) in [4.78, 5) is 25.4. The lowest BCUT2D eigenvalue weighted by molar-refractivity contribution is 0.208. The first-order valence-electron chi connectivity index (χ1n) is 10.2. The summed E-state index contributed by atoms with van der Waals surface area (Å²) in [6, 6.07) is 14.7. The van der Waals surface area contributed by atoms with Gasteiger partial charge in [-0.05, 0) is 30.3 Å². The third-order valence-electron chi connectivity index (χ3n) is 5.34. The molecule has 2 amide bonds. The number of amides is 2.